The van der Waals surface area contributed by atoms with E-state index in [1.54, 1.807) is 7.11 Å². The molecule has 3 heterocycles. The summed E-state index contributed by atoms with van der Waals surface area (Å²) in [5.74, 6) is 0.712. The van der Waals surface area contributed by atoms with Gasteiger partial charge >= 0.3 is 0 Å². The summed E-state index contributed by atoms with van der Waals surface area (Å²) in [4.78, 5) is 35.9. The molecule has 3 fully saturated rings. The van der Waals surface area contributed by atoms with Gasteiger partial charge in [-0.3, -0.25) is 14.5 Å². The fourth-order valence-electron chi connectivity index (χ4n) is 7.13. The predicted octanol–water partition coefficient (Wildman–Crippen LogP) is 4.67. The number of carbonyl (C=O) groups excluding carboxylic acids is 2. The fourth-order valence-corrected chi connectivity index (χ4v) is 7.13. The third-order valence-electron chi connectivity index (χ3n) is 10.1. The largest absolute Gasteiger partial charge is 0.496 e. The predicted molar refractivity (Wildman–Crippen MR) is 184 cm³/mol. The van der Waals surface area contributed by atoms with E-state index in [1.165, 1.54) is 18.0 Å². The smallest absolute Gasteiger partial charge is 0.253 e. The van der Waals surface area contributed by atoms with Gasteiger partial charge in [0.1, 0.15) is 5.75 Å². The van der Waals surface area contributed by atoms with Crippen LogP contribution in [0.2, 0.25) is 0 Å². The Bertz CT molecular complexity index is 1570. The van der Waals surface area contributed by atoms with Gasteiger partial charge < -0.3 is 30.6 Å². The van der Waals surface area contributed by atoms with Crippen LogP contribution >= 0.6 is 0 Å². The zero-order chi connectivity index (χ0) is 32.1. The lowest BCUT2D eigenvalue weighted by Crippen LogP contribution is -2.47. The summed E-state index contributed by atoms with van der Waals surface area (Å²) in [6.45, 7) is 6.87. The highest BCUT2D eigenvalue weighted by molar-refractivity contribution is 6.09. The van der Waals surface area contributed by atoms with Crippen molar-refractivity contribution >= 4 is 35.0 Å². The number of allylic oxidation sites excluding steroid dienone is 1. The highest BCUT2D eigenvalue weighted by atomic mass is 16.5. The number of likely N-dealkylation sites (tertiary alicyclic amines) is 1. The Balaban J connectivity index is 1.01. The van der Waals surface area contributed by atoms with Crippen LogP contribution in [-0.4, -0.2) is 87.3 Å². The Morgan fingerprint density at radius 1 is 0.891 bits per heavy atom. The van der Waals surface area contributed by atoms with Gasteiger partial charge in [-0.15, -0.1) is 0 Å². The SMILES string of the molecule is COc1cc(N2CCC3(CCN(C(=O)c4ccc(N5CCN(CCc6ccccc6)CC5)cc4)CC3)C2=O)ccc1/C(C=N)=C/N. The van der Waals surface area contributed by atoms with Crippen molar-refractivity contribution in [1.29, 1.82) is 5.41 Å². The van der Waals surface area contributed by atoms with Crippen molar-refractivity contribution in [2.75, 3.05) is 69.3 Å². The number of nitrogens with zero attached hydrogens (tertiary/aromatic N) is 4. The zero-order valence-electron chi connectivity index (χ0n) is 26.7. The second kappa shape index (κ2) is 13.8. The maximum absolute atomic E-state index is 13.8. The Hall–Kier alpha value is -4.63. The summed E-state index contributed by atoms with van der Waals surface area (Å²) in [7, 11) is 1.57. The molecular formula is C37H44N6O3. The van der Waals surface area contributed by atoms with Gasteiger partial charge in [0.2, 0.25) is 5.91 Å². The normalized spacial score (nSPS) is 18.7. The molecule has 9 heteroatoms. The maximum atomic E-state index is 13.8. The van der Waals surface area contributed by atoms with Gasteiger partial charge in [0, 0.05) is 98.9 Å². The van der Waals surface area contributed by atoms with Crippen LogP contribution < -0.4 is 20.3 Å². The lowest BCUT2D eigenvalue weighted by atomic mass is 9.77. The minimum atomic E-state index is -0.451. The van der Waals surface area contributed by atoms with Crippen molar-refractivity contribution in [1.82, 2.24) is 9.80 Å². The average Bonchev–Trinajstić information content (AvgIpc) is 3.43. The van der Waals surface area contributed by atoms with Crippen molar-refractivity contribution in [3.63, 3.8) is 0 Å². The molecule has 3 saturated heterocycles. The summed E-state index contributed by atoms with van der Waals surface area (Å²) >= 11 is 0. The van der Waals surface area contributed by atoms with E-state index in [4.69, 9.17) is 15.9 Å². The van der Waals surface area contributed by atoms with E-state index in [0.717, 1.165) is 56.9 Å². The number of nitrogens with one attached hydrogen (secondary N) is 1. The lowest BCUT2D eigenvalue weighted by molar-refractivity contribution is -0.127. The molecule has 0 atom stereocenters. The highest BCUT2D eigenvalue weighted by Crippen LogP contribution is 2.44. The van der Waals surface area contributed by atoms with Crippen molar-refractivity contribution in [2.45, 2.75) is 25.7 Å². The second-order valence-electron chi connectivity index (χ2n) is 12.5. The number of rotatable bonds is 9. The number of hydrogen-bond acceptors (Lipinski definition) is 7. The minimum absolute atomic E-state index is 0.0321. The number of piperazine rings is 1. The van der Waals surface area contributed by atoms with Crippen LogP contribution in [0.4, 0.5) is 11.4 Å². The van der Waals surface area contributed by atoms with Crippen molar-refractivity contribution < 1.29 is 14.3 Å². The molecule has 3 aromatic carbocycles. The lowest BCUT2D eigenvalue weighted by Gasteiger charge is -2.38. The quantitative estimate of drug-likeness (QED) is 0.337. The first kappa shape index (κ1) is 31.4. The Morgan fingerprint density at radius 3 is 2.22 bits per heavy atom. The van der Waals surface area contributed by atoms with Crippen LogP contribution in [0.25, 0.3) is 5.57 Å². The van der Waals surface area contributed by atoms with Crippen LogP contribution in [-0.2, 0) is 11.2 Å². The molecule has 0 radical (unpaired) electrons. The first-order valence-corrected chi connectivity index (χ1v) is 16.3. The molecule has 3 aliphatic rings. The Morgan fingerprint density at radius 2 is 1.57 bits per heavy atom. The molecule has 6 rings (SSSR count). The number of anilines is 2. The van der Waals surface area contributed by atoms with E-state index in [-0.39, 0.29) is 11.8 Å². The molecule has 0 unspecified atom stereocenters. The molecule has 1 spiro atoms. The average molecular weight is 621 g/mol. The molecule has 3 N–H and O–H groups in total. The van der Waals surface area contributed by atoms with Gasteiger partial charge in [-0.2, -0.15) is 0 Å². The molecule has 0 aromatic heterocycles. The number of benzene rings is 3. The molecule has 9 nitrogen and oxygen atoms in total. The number of hydrogen-bond donors (Lipinski definition) is 2. The first-order chi connectivity index (χ1) is 22.4. The number of ether oxygens (including phenoxy) is 1. The van der Waals surface area contributed by atoms with Gasteiger partial charge in [-0.05, 0) is 67.6 Å². The third kappa shape index (κ3) is 6.37. The number of nitrogens with two attached hydrogens (primary N) is 1. The topological polar surface area (TPSA) is 106 Å². The van der Waals surface area contributed by atoms with Gasteiger partial charge in [0.05, 0.1) is 12.5 Å². The molecule has 3 aromatic rings. The monoisotopic (exact) mass is 620 g/mol. The summed E-state index contributed by atoms with van der Waals surface area (Å²) in [5.41, 5.74) is 10.5. The van der Waals surface area contributed by atoms with E-state index < -0.39 is 5.41 Å². The number of methoxy groups -OCH3 is 1. The Labute approximate surface area is 271 Å². The molecule has 240 valence electrons. The zero-order valence-corrected chi connectivity index (χ0v) is 26.7. The van der Waals surface area contributed by atoms with E-state index in [0.29, 0.717) is 54.9 Å². The first-order valence-electron chi connectivity index (χ1n) is 16.3. The molecule has 3 aliphatic heterocycles. The number of piperidine rings is 1. The summed E-state index contributed by atoms with van der Waals surface area (Å²) < 4.78 is 5.57. The van der Waals surface area contributed by atoms with Crippen LogP contribution in [0, 0.1) is 10.8 Å². The minimum Gasteiger partial charge on any atom is -0.496 e. The van der Waals surface area contributed by atoms with E-state index in [1.807, 2.05) is 40.1 Å². The van der Waals surface area contributed by atoms with Gasteiger partial charge in [-0.1, -0.05) is 30.3 Å². The molecular weight excluding hydrogens is 576 g/mol. The van der Waals surface area contributed by atoms with Crippen molar-refractivity contribution in [2.24, 2.45) is 11.1 Å². The fraction of sp³-hybridized carbons (Fsp3) is 0.378. The van der Waals surface area contributed by atoms with Gasteiger partial charge in [-0.25, -0.2) is 0 Å². The van der Waals surface area contributed by atoms with Gasteiger partial charge in [0.15, 0.2) is 0 Å². The van der Waals surface area contributed by atoms with Crippen LogP contribution in [0.3, 0.4) is 0 Å². The van der Waals surface area contributed by atoms with E-state index in [9.17, 15) is 9.59 Å². The van der Waals surface area contributed by atoms with Crippen molar-refractivity contribution in [3.8, 4) is 5.75 Å². The Kier molecular flexibility index (Phi) is 9.40. The molecule has 0 saturated carbocycles. The summed E-state index contributed by atoms with van der Waals surface area (Å²) in [6.07, 6.45) is 5.72. The number of carbonyl (C=O) groups is 2. The molecule has 0 aliphatic carbocycles. The second-order valence-corrected chi connectivity index (χ2v) is 12.5. The summed E-state index contributed by atoms with van der Waals surface area (Å²) in [5, 5.41) is 7.62. The van der Waals surface area contributed by atoms with Crippen molar-refractivity contribution in [3.05, 3.63) is 95.7 Å². The molecule has 46 heavy (non-hydrogen) atoms. The van der Waals surface area contributed by atoms with Crippen LogP contribution in [0.5, 0.6) is 5.75 Å². The van der Waals surface area contributed by atoms with Crippen LogP contribution in [0.1, 0.15) is 40.7 Å². The number of amides is 2. The van der Waals surface area contributed by atoms with E-state index in [2.05, 4.69) is 52.3 Å². The van der Waals surface area contributed by atoms with Gasteiger partial charge in [0.25, 0.3) is 5.91 Å². The van der Waals surface area contributed by atoms with Crippen LogP contribution in [0.15, 0.2) is 79.0 Å². The molecule has 0 bridgehead atoms. The molecule has 2 amide bonds. The third-order valence-corrected chi connectivity index (χ3v) is 10.1. The summed E-state index contributed by atoms with van der Waals surface area (Å²) in [6, 6.07) is 24.3. The maximum Gasteiger partial charge on any atom is 0.253 e. The highest BCUT2D eigenvalue weighted by Gasteiger charge is 2.49. The standard InChI is InChI=1S/C37H44N6O3/c1-46-34-25-32(11-12-33(34)30(26-38)27-39)43-20-16-37(36(43)45)14-18-42(19-15-37)35(44)29-7-9-31(10-8-29)41-23-21-40(22-24-41)17-13-28-5-3-2-4-6-28/h2-12,25-27,38H,13-24,39H2,1H3/b30-27+,38-26?. The van der Waals surface area contributed by atoms with E-state index >= 15 is 0 Å².